The summed E-state index contributed by atoms with van der Waals surface area (Å²) in [4.78, 5) is 37.1. The third-order valence-corrected chi connectivity index (χ3v) is 3.76. The first-order valence-corrected chi connectivity index (χ1v) is 8.21. The van der Waals surface area contributed by atoms with Gasteiger partial charge in [0.1, 0.15) is 5.60 Å². The Labute approximate surface area is 147 Å². The minimum atomic E-state index is -0.516. The molecule has 1 fully saturated rings. The monoisotopic (exact) mass is 344 g/mol. The maximum atomic E-state index is 12.4. The lowest BCUT2D eigenvalue weighted by Crippen LogP contribution is -2.54. The third-order valence-electron chi connectivity index (χ3n) is 3.76. The van der Waals surface area contributed by atoms with Crippen molar-refractivity contribution in [2.24, 2.45) is 5.92 Å². The highest BCUT2D eigenvalue weighted by atomic mass is 16.6. The Balaban J connectivity index is 1.85. The minimum Gasteiger partial charge on any atom is -0.460 e. The lowest BCUT2D eigenvalue weighted by Gasteiger charge is -2.38. The zero-order valence-corrected chi connectivity index (χ0v) is 14.9. The fourth-order valence-electron chi connectivity index (χ4n) is 2.39. The van der Waals surface area contributed by atoms with Crippen molar-refractivity contribution >= 4 is 17.8 Å². The van der Waals surface area contributed by atoms with E-state index in [0.29, 0.717) is 25.2 Å². The van der Waals surface area contributed by atoms with Gasteiger partial charge in [0.25, 0.3) is 5.91 Å². The van der Waals surface area contributed by atoms with Crippen LogP contribution in [0.5, 0.6) is 0 Å². The molecule has 1 aromatic carbocycles. The Kier molecular flexibility index (Phi) is 5.62. The van der Waals surface area contributed by atoms with Gasteiger partial charge in [0.15, 0.2) is 0 Å². The number of nitrogens with zero attached hydrogens (tertiary/aromatic N) is 1. The van der Waals surface area contributed by atoms with E-state index in [1.807, 2.05) is 20.8 Å². The van der Waals surface area contributed by atoms with Gasteiger partial charge in [0, 0.05) is 25.2 Å². The second-order valence-electron chi connectivity index (χ2n) is 7.06. The van der Waals surface area contributed by atoms with Gasteiger partial charge in [-0.05, 0) is 44.5 Å². The van der Waals surface area contributed by atoms with Crippen LogP contribution in [0.1, 0.15) is 36.7 Å². The zero-order chi connectivity index (χ0) is 18.6. The normalized spacial score (nSPS) is 14.4. The molecule has 25 heavy (non-hydrogen) atoms. The summed E-state index contributed by atoms with van der Waals surface area (Å²) in [5, 5.41) is 2.68. The fourth-order valence-corrected chi connectivity index (χ4v) is 2.39. The van der Waals surface area contributed by atoms with Crippen LogP contribution >= 0.6 is 0 Å². The maximum Gasteiger partial charge on any atom is 0.313 e. The van der Waals surface area contributed by atoms with E-state index in [0.717, 1.165) is 5.56 Å². The molecule has 1 heterocycles. The Morgan fingerprint density at radius 2 is 1.84 bits per heavy atom. The SMILES string of the molecule is C=CC(=O)NCc1ccc(C(=O)N2CC(C(=O)OC(C)(C)C)C2)cc1. The first-order valence-electron chi connectivity index (χ1n) is 8.21. The van der Waals surface area contributed by atoms with Crippen LogP contribution in [0.25, 0.3) is 0 Å². The van der Waals surface area contributed by atoms with Crippen LogP contribution in [0, 0.1) is 5.92 Å². The van der Waals surface area contributed by atoms with Crippen molar-refractivity contribution in [3.8, 4) is 0 Å². The predicted octanol–water partition coefficient (Wildman–Crippen LogP) is 1.90. The van der Waals surface area contributed by atoms with Crippen molar-refractivity contribution in [3.63, 3.8) is 0 Å². The van der Waals surface area contributed by atoms with Crippen molar-refractivity contribution in [1.82, 2.24) is 10.2 Å². The van der Waals surface area contributed by atoms with Crippen LogP contribution in [0.15, 0.2) is 36.9 Å². The molecule has 0 spiro atoms. The van der Waals surface area contributed by atoms with Gasteiger partial charge in [-0.25, -0.2) is 0 Å². The van der Waals surface area contributed by atoms with Gasteiger partial charge >= 0.3 is 5.97 Å². The summed E-state index contributed by atoms with van der Waals surface area (Å²) in [5.74, 6) is -0.864. The zero-order valence-electron chi connectivity index (χ0n) is 14.9. The lowest BCUT2D eigenvalue weighted by molar-refractivity contribution is -0.164. The number of carbonyl (C=O) groups is 3. The molecule has 0 aliphatic carbocycles. The molecule has 134 valence electrons. The molecule has 0 radical (unpaired) electrons. The lowest BCUT2D eigenvalue weighted by atomic mass is 9.98. The summed E-state index contributed by atoms with van der Waals surface area (Å²) in [6, 6.07) is 7.03. The van der Waals surface area contributed by atoms with Gasteiger partial charge < -0.3 is 15.0 Å². The Morgan fingerprint density at radius 1 is 1.24 bits per heavy atom. The van der Waals surface area contributed by atoms with Crippen molar-refractivity contribution in [3.05, 3.63) is 48.0 Å². The molecule has 2 amide bonds. The smallest absolute Gasteiger partial charge is 0.313 e. The molecular formula is C19H24N2O4. The molecule has 0 bridgehead atoms. The second-order valence-corrected chi connectivity index (χ2v) is 7.06. The van der Waals surface area contributed by atoms with Gasteiger partial charge in [-0.1, -0.05) is 18.7 Å². The molecule has 2 rings (SSSR count). The molecular weight excluding hydrogens is 320 g/mol. The molecule has 6 heteroatoms. The highest BCUT2D eigenvalue weighted by Crippen LogP contribution is 2.22. The van der Waals surface area contributed by atoms with Crippen LogP contribution in [-0.4, -0.2) is 41.4 Å². The van der Waals surface area contributed by atoms with E-state index in [-0.39, 0.29) is 23.7 Å². The number of ether oxygens (including phenoxy) is 1. The number of nitrogens with one attached hydrogen (secondary N) is 1. The molecule has 0 aromatic heterocycles. The van der Waals surface area contributed by atoms with Crippen molar-refractivity contribution < 1.29 is 19.1 Å². The molecule has 0 atom stereocenters. The molecule has 1 aromatic rings. The Morgan fingerprint density at radius 3 is 2.36 bits per heavy atom. The van der Waals surface area contributed by atoms with E-state index >= 15 is 0 Å². The first kappa shape index (κ1) is 18.7. The summed E-state index contributed by atoms with van der Waals surface area (Å²) in [7, 11) is 0. The van der Waals surface area contributed by atoms with Gasteiger partial charge in [-0.2, -0.15) is 0 Å². The molecule has 0 unspecified atom stereocenters. The van der Waals surface area contributed by atoms with Gasteiger partial charge in [0.05, 0.1) is 5.92 Å². The molecule has 6 nitrogen and oxygen atoms in total. The van der Waals surface area contributed by atoms with E-state index in [1.54, 1.807) is 29.2 Å². The summed E-state index contributed by atoms with van der Waals surface area (Å²) in [6.45, 7) is 10.0. The fraction of sp³-hybridized carbons (Fsp3) is 0.421. The van der Waals surface area contributed by atoms with Crippen molar-refractivity contribution in [1.29, 1.82) is 0 Å². The van der Waals surface area contributed by atoms with Crippen LogP contribution in [-0.2, 0) is 20.9 Å². The second kappa shape index (κ2) is 7.51. The van der Waals surface area contributed by atoms with E-state index in [9.17, 15) is 14.4 Å². The van der Waals surface area contributed by atoms with E-state index in [1.165, 1.54) is 6.08 Å². The maximum absolute atomic E-state index is 12.4. The summed E-state index contributed by atoms with van der Waals surface area (Å²) in [6.07, 6.45) is 1.21. The molecule has 1 N–H and O–H groups in total. The highest BCUT2D eigenvalue weighted by molar-refractivity contribution is 5.95. The van der Waals surface area contributed by atoms with Crippen molar-refractivity contribution in [2.75, 3.05) is 13.1 Å². The molecule has 1 saturated heterocycles. The van der Waals surface area contributed by atoms with Gasteiger partial charge in [-0.3, -0.25) is 14.4 Å². The topological polar surface area (TPSA) is 75.7 Å². The number of hydrogen-bond acceptors (Lipinski definition) is 4. The number of likely N-dealkylation sites (tertiary alicyclic amines) is 1. The first-order chi connectivity index (χ1) is 11.7. The predicted molar refractivity (Wildman–Crippen MR) is 93.7 cm³/mol. The standard InChI is InChI=1S/C19H24N2O4/c1-5-16(22)20-10-13-6-8-14(9-7-13)17(23)21-11-15(12-21)18(24)25-19(2,3)4/h5-9,15H,1,10-12H2,2-4H3,(H,20,22). The molecule has 1 aliphatic heterocycles. The Bertz CT molecular complexity index is 668. The number of rotatable bonds is 5. The van der Waals surface area contributed by atoms with Crippen LogP contribution in [0.2, 0.25) is 0 Å². The highest BCUT2D eigenvalue weighted by Gasteiger charge is 2.38. The third kappa shape index (κ3) is 5.17. The van der Waals surface area contributed by atoms with Crippen molar-refractivity contribution in [2.45, 2.75) is 32.9 Å². The number of benzene rings is 1. The number of amides is 2. The number of esters is 1. The molecule has 0 saturated carbocycles. The van der Waals surface area contributed by atoms with Crippen LogP contribution < -0.4 is 5.32 Å². The van der Waals surface area contributed by atoms with Gasteiger partial charge in [0.2, 0.25) is 5.91 Å². The average molecular weight is 344 g/mol. The van der Waals surface area contributed by atoms with E-state index in [2.05, 4.69) is 11.9 Å². The largest absolute Gasteiger partial charge is 0.460 e. The number of hydrogen-bond donors (Lipinski definition) is 1. The Hall–Kier alpha value is -2.63. The van der Waals surface area contributed by atoms with E-state index in [4.69, 9.17) is 4.74 Å². The molecule has 1 aliphatic rings. The number of carbonyl (C=O) groups excluding carboxylic acids is 3. The van der Waals surface area contributed by atoms with Crippen LogP contribution in [0.4, 0.5) is 0 Å². The summed E-state index contributed by atoms with van der Waals surface area (Å²) in [5.41, 5.74) is 0.932. The minimum absolute atomic E-state index is 0.110. The summed E-state index contributed by atoms with van der Waals surface area (Å²) >= 11 is 0. The summed E-state index contributed by atoms with van der Waals surface area (Å²) < 4.78 is 5.33. The van der Waals surface area contributed by atoms with E-state index < -0.39 is 5.60 Å². The van der Waals surface area contributed by atoms with Gasteiger partial charge in [-0.15, -0.1) is 0 Å². The average Bonchev–Trinajstić information content (AvgIpc) is 2.49. The van der Waals surface area contributed by atoms with Crippen LogP contribution in [0.3, 0.4) is 0 Å². The quantitative estimate of drug-likeness (QED) is 0.654.